The van der Waals surface area contributed by atoms with Crippen molar-refractivity contribution in [1.29, 1.82) is 0 Å². The molecule has 2 N–H and O–H groups in total. The number of hydrogen-bond donors (Lipinski definition) is 2. The number of oxime groups is 1. The van der Waals surface area contributed by atoms with Crippen molar-refractivity contribution in [3.8, 4) is 5.75 Å². The molecule has 0 spiro atoms. The van der Waals surface area contributed by atoms with E-state index in [1.54, 1.807) is 78.8 Å². The van der Waals surface area contributed by atoms with Crippen molar-refractivity contribution in [1.82, 2.24) is 9.80 Å². The van der Waals surface area contributed by atoms with E-state index in [0.717, 1.165) is 9.80 Å². The van der Waals surface area contributed by atoms with Crippen molar-refractivity contribution in [2.24, 2.45) is 10.1 Å². The van der Waals surface area contributed by atoms with E-state index in [1.807, 2.05) is 0 Å². The van der Waals surface area contributed by atoms with Crippen molar-refractivity contribution in [2.75, 3.05) is 31.6 Å². The minimum absolute atomic E-state index is 0.0262. The summed E-state index contributed by atoms with van der Waals surface area (Å²) in [6.07, 6.45) is 0.535. The van der Waals surface area contributed by atoms with Crippen LogP contribution in [0.25, 0.3) is 0 Å². The Morgan fingerprint density at radius 1 is 0.981 bits per heavy atom. The highest BCUT2D eigenvalue weighted by atomic mass is 35.5. The molecule has 0 fully saturated rings. The number of nitrogens with one attached hydrogen (secondary N) is 1. The Morgan fingerprint density at radius 2 is 1.60 bits per heavy atom. The lowest BCUT2D eigenvalue weighted by Crippen LogP contribution is -2.49. The Kier molecular flexibility index (Phi) is 16.4. The SMILES string of the molecule is C=CCOc1ccc(C(CC(=O)N=C(Cc2cc(Cl)c(NC(=O)CN(CC=C)C(=O)OC(C)(C)C)c(Cl)c2)N(C(=O)O)C(C)(C)C)=NOCC)cc1. The predicted molar refractivity (Wildman–Crippen MR) is 204 cm³/mol. The number of benzene rings is 2. The van der Waals surface area contributed by atoms with Crippen LogP contribution in [0.1, 0.15) is 66.0 Å². The summed E-state index contributed by atoms with van der Waals surface area (Å²) in [5.74, 6) is -0.807. The smallest absolute Gasteiger partial charge is 0.413 e. The molecule has 0 aromatic heterocycles. The van der Waals surface area contributed by atoms with Crippen LogP contribution >= 0.6 is 23.2 Å². The average Bonchev–Trinajstić information content (AvgIpc) is 3.02. The van der Waals surface area contributed by atoms with Gasteiger partial charge in [0.2, 0.25) is 5.91 Å². The molecule has 2 aromatic rings. The molecule has 4 amide bonds. The van der Waals surface area contributed by atoms with E-state index in [-0.39, 0.29) is 59.8 Å². The maximum atomic E-state index is 13.5. The normalized spacial score (nSPS) is 12.0. The zero-order valence-corrected chi connectivity index (χ0v) is 32.1. The van der Waals surface area contributed by atoms with Crippen molar-refractivity contribution in [2.45, 2.75) is 72.4 Å². The zero-order chi connectivity index (χ0) is 39.2. The number of amides is 4. The highest BCUT2D eigenvalue weighted by Gasteiger charge is 2.32. The van der Waals surface area contributed by atoms with Gasteiger partial charge in [-0.25, -0.2) is 9.59 Å². The van der Waals surface area contributed by atoms with Gasteiger partial charge in [-0.3, -0.25) is 19.4 Å². The van der Waals surface area contributed by atoms with E-state index in [2.05, 4.69) is 28.6 Å². The van der Waals surface area contributed by atoms with Gasteiger partial charge in [-0.1, -0.05) is 47.1 Å². The van der Waals surface area contributed by atoms with Crippen LogP contribution in [0.2, 0.25) is 10.0 Å². The number of ether oxygens (including phenoxy) is 2. The Morgan fingerprint density at radius 3 is 2.10 bits per heavy atom. The first-order valence-electron chi connectivity index (χ1n) is 16.3. The van der Waals surface area contributed by atoms with Crippen molar-refractivity contribution in [3.05, 3.63) is 82.9 Å². The topological polar surface area (TPSA) is 159 Å². The molecule has 0 atom stereocenters. The molecular formula is C37H47Cl2N5O8. The first kappa shape index (κ1) is 43.3. The van der Waals surface area contributed by atoms with Crippen LogP contribution in [0.4, 0.5) is 15.3 Å². The van der Waals surface area contributed by atoms with Crippen molar-refractivity contribution < 1.29 is 38.6 Å². The summed E-state index contributed by atoms with van der Waals surface area (Å²) in [4.78, 5) is 63.3. The number of rotatable bonds is 15. The number of carbonyl (C=O) groups excluding carboxylic acids is 3. The van der Waals surface area contributed by atoms with Crippen LogP contribution in [0.15, 0.2) is 71.9 Å². The van der Waals surface area contributed by atoms with Gasteiger partial charge >= 0.3 is 12.2 Å². The molecule has 0 aliphatic heterocycles. The summed E-state index contributed by atoms with van der Waals surface area (Å²) in [5.41, 5.74) is -0.481. The number of halogens is 2. The van der Waals surface area contributed by atoms with Crippen LogP contribution in [-0.4, -0.2) is 87.9 Å². The molecule has 2 rings (SSSR count). The predicted octanol–water partition coefficient (Wildman–Crippen LogP) is 8.00. The van der Waals surface area contributed by atoms with Crippen LogP contribution < -0.4 is 10.1 Å². The summed E-state index contributed by atoms with van der Waals surface area (Å²) in [5, 5.41) is 17.0. The van der Waals surface area contributed by atoms with E-state index < -0.39 is 35.1 Å². The molecule has 0 radical (unpaired) electrons. The molecule has 0 aliphatic rings. The first-order chi connectivity index (χ1) is 24.3. The Balaban J connectivity index is 2.43. The quantitative estimate of drug-likeness (QED) is 0.0800. The van der Waals surface area contributed by atoms with Gasteiger partial charge in [0.15, 0.2) is 0 Å². The Hall–Kier alpha value is -4.88. The second-order valence-corrected chi connectivity index (χ2v) is 14.1. The summed E-state index contributed by atoms with van der Waals surface area (Å²) in [7, 11) is 0. The first-order valence-corrected chi connectivity index (χ1v) is 17.1. The summed E-state index contributed by atoms with van der Waals surface area (Å²) < 4.78 is 10.9. The summed E-state index contributed by atoms with van der Waals surface area (Å²) in [6, 6.07) is 9.79. The number of hydrogen-bond acceptors (Lipinski definition) is 8. The molecule has 15 heteroatoms. The molecule has 0 heterocycles. The molecule has 0 bridgehead atoms. The Labute approximate surface area is 314 Å². The standard InChI is InChI=1S/C37H47Cl2N5O8/c1-10-17-43(35(49)52-37(7,8)9)23-32(46)41-33-27(38)19-24(20-28(33)39)21-30(44(34(47)48)36(4,5)6)40-31(45)22-29(42-51-12-3)25-13-15-26(16-14-25)50-18-11-2/h10-11,13-16,19-20H,1-2,12,17-18,21-23H2,3-9H3,(H,41,46)(H,47,48). The van der Waals surface area contributed by atoms with Gasteiger partial charge in [-0.05, 0) is 90.4 Å². The monoisotopic (exact) mass is 759 g/mol. The fraction of sp³-hybridized carbons (Fsp3) is 0.405. The van der Waals surface area contributed by atoms with E-state index in [9.17, 15) is 24.3 Å². The van der Waals surface area contributed by atoms with Gasteiger partial charge in [-0.2, -0.15) is 4.99 Å². The van der Waals surface area contributed by atoms with Gasteiger partial charge in [0.05, 0.1) is 27.9 Å². The lowest BCUT2D eigenvalue weighted by atomic mass is 10.0. The fourth-order valence-electron chi connectivity index (χ4n) is 4.58. The third kappa shape index (κ3) is 14.0. The third-order valence-corrected chi connectivity index (χ3v) is 7.21. The van der Waals surface area contributed by atoms with Crippen LogP contribution in [0.5, 0.6) is 5.75 Å². The second kappa shape index (κ2) is 19.7. The maximum Gasteiger partial charge on any atom is 0.413 e. The number of aliphatic imine (C=N–C) groups is 1. The molecule has 0 aliphatic carbocycles. The minimum Gasteiger partial charge on any atom is -0.490 e. The fourth-order valence-corrected chi connectivity index (χ4v) is 5.20. The van der Waals surface area contributed by atoms with E-state index in [1.165, 1.54) is 18.2 Å². The molecule has 2 aromatic carbocycles. The highest BCUT2D eigenvalue weighted by molar-refractivity contribution is 6.40. The molecule has 0 unspecified atom stereocenters. The van der Waals surface area contributed by atoms with Crippen molar-refractivity contribution in [3.63, 3.8) is 0 Å². The lowest BCUT2D eigenvalue weighted by molar-refractivity contribution is -0.117. The largest absolute Gasteiger partial charge is 0.490 e. The van der Waals surface area contributed by atoms with Gasteiger partial charge in [-0.15, -0.1) is 6.58 Å². The summed E-state index contributed by atoms with van der Waals surface area (Å²) in [6.45, 7) is 19.3. The number of carbonyl (C=O) groups is 4. The average molecular weight is 761 g/mol. The van der Waals surface area contributed by atoms with E-state index in [0.29, 0.717) is 23.5 Å². The van der Waals surface area contributed by atoms with Crippen LogP contribution in [0, 0.1) is 0 Å². The maximum absolute atomic E-state index is 13.5. The number of carboxylic acid groups (broad SMARTS) is 1. The van der Waals surface area contributed by atoms with Crippen molar-refractivity contribution >= 4 is 64.4 Å². The Bertz CT molecular complexity index is 1660. The minimum atomic E-state index is -1.34. The number of nitrogens with zero attached hydrogens (tertiary/aromatic N) is 4. The van der Waals surface area contributed by atoms with Gasteiger partial charge in [0.1, 0.15) is 36.9 Å². The molecule has 13 nitrogen and oxygen atoms in total. The van der Waals surface area contributed by atoms with E-state index >= 15 is 0 Å². The highest BCUT2D eigenvalue weighted by Crippen LogP contribution is 2.33. The summed E-state index contributed by atoms with van der Waals surface area (Å²) >= 11 is 13.1. The van der Waals surface area contributed by atoms with Gasteiger partial charge < -0.3 is 24.7 Å². The second-order valence-electron chi connectivity index (χ2n) is 13.3. The lowest BCUT2D eigenvalue weighted by Gasteiger charge is -2.34. The van der Waals surface area contributed by atoms with Gasteiger partial charge in [0, 0.05) is 24.1 Å². The van der Waals surface area contributed by atoms with Crippen LogP contribution in [-0.2, 0) is 25.6 Å². The number of amidine groups is 1. The van der Waals surface area contributed by atoms with E-state index in [4.69, 9.17) is 37.5 Å². The molecule has 0 saturated carbocycles. The molecular weight excluding hydrogens is 713 g/mol. The zero-order valence-electron chi connectivity index (χ0n) is 30.6. The van der Waals surface area contributed by atoms with Crippen LogP contribution in [0.3, 0.4) is 0 Å². The molecule has 0 saturated heterocycles. The third-order valence-electron chi connectivity index (χ3n) is 6.62. The number of anilines is 1. The molecule has 52 heavy (non-hydrogen) atoms. The van der Waals surface area contributed by atoms with Gasteiger partial charge in [0.25, 0.3) is 5.91 Å². The molecule has 282 valence electrons.